The summed E-state index contributed by atoms with van der Waals surface area (Å²) in [6.45, 7) is 10.3. The van der Waals surface area contributed by atoms with Crippen LogP contribution in [0.15, 0.2) is 22.3 Å². The number of hydrogen-bond acceptors (Lipinski definition) is 4. The van der Waals surface area contributed by atoms with Crippen molar-refractivity contribution in [1.82, 2.24) is 9.55 Å². The Balaban J connectivity index is 2.39. The summed E-state index contributed by atoms with van der Waals surface area (Å²) in [7, 11) is 0. The van der Waals surface area contributed by atoms with Gasteiger partial charge >= 0.3 is 0 Å². The van der Waals surface area contributed by atoms with E-state index in [1.807, 2.05) is 42.9 Å². The first-order chi connectivity index (χ1) is 9.93. The van der Waals surface area contributed by atoms with Crippen LogP contribution in [0.3, 0.4) is 0 Å². The topological polar surface area (TPSA) is 46.9 Å². The summed E-state index contributed by atoms with van der Waals surface area (Å²) in [5.41, 5.74) is 2.44. The molecule has 4 nitrogen and oxygen atoms in total. The van der Waals surface area contributed by atoms with Crippen molar-refractivity contribution in [3.05, 3.63) is 33.6 Å². The van der Waals surface area contributed by atoms with Crippen molar-refractivity contribution >= 4 is 16.5 Å². The van der Waals surface area contributed by atoms with E-state index in [1.54, 1.807) is 11.3 Å². The zero-order chi connectivity index (χ0) is 15.6. The van der Waals surface area contributed by atoms with E-state index < -0.39 is 0 Å². The SMILES string of the molecule is CCC(C)Nc1nc(-c2ccc(C)n(C(C)C)c2=O)cs1. The molecular formula is C16H23N3OS. The molecule has 1 N–H and O–H groups in total. The van der Waals surface area contributed by atoms with Crippen molar-refractivity contribution in [2.45, 2.75) is 53.1 Å². The average Bonchev–Trinajstić information content (AvgIpc) is 2.86. The Morgan fingerprint density at radius 3 is 2.67 bits per heavy atom. The van der Waals surface area contributed by atoms with E-state index in [-0.39, 0.29) is 11.6 Å². The summed E-state index contributed by atoms with van der Waals surface area (Å²) in [5, 5.41) is 6.17. The second kappa shape index (κ2) is 6.43. The fraction of sp³-hybridized carbons (Fsp3) is 0.500. The molecule has 0 bridgehead atoms. The van der Waals surface area contributed by atoms with E-state index >= 15 is 0 Å². The van der Waals surface area contributed by atoms with Crippen LogP contribution in [0.5, 0.6) is 0 Å². The highest BCUT2D eigenvalue weighted by Crippen LogP contribution is 2.24. The van der Waals surface area contributed by atoms with Gasteiger partial charge < -0.3 is 9.88 Å². The highest BCUT2D eigenvalue weighted by atomic mass is 32.1. The largest absolute Gasteiger partial charge is 0.359 e. The zero-order valence-corrected chi connectivity index (χ0v) is 14.1. The van der Waals surface area contributed by atoms with Gasteiger partial charge in [-0.1, -0.05) is 6.92 Å². The van der Waals surface area contributed by atoms with E-state index in [4.69, 9.17) is 0 Å². The molecule has 1 unspecified atom stereocenters. The highest BCUT2D eigenvalue weighted by Gasteiger charge is 2.13. The maximum atomic E-state index is 12.6. The zero-order valence-electron chi connectivity index (χ0n) is 13.3. The molecule has 0 aliphatic carbocycles. The van der Waals surface area contributed by atoms with Crippen molar-refractivity contribution < 1.29 is 0 Å². The lowest BCUT2D eigenvalue weighted by molar-refractivity contribution is 0.564. The van der Waals surface area contributed by atoms with Crippen molar-refractivity contribution in [3.8, 4) is 11.3 Å². The fourth-order valence-corrected chi connectivity index (χ4v) is 3.08. The van der Waals surface area contributed by atoms with Crippen LogP contribution in [0.2, 0.25) is 0 Å². The number of aromatic nitrogens is 2. The summed E-state index contributed by atoms with van der Waals surface area (Å²) in [5.74, 6) is 0. The summed E-state index contributed by atoms with van der Waals surface area (Å²) in [4.78, 5) is 17.2. The Bertz CT molecular complexity index is 672. The molecule has 0 amide bonds. The summed E-state index contributed by atoms with van der Waals surface area (Å²) in [6.07, 6.45) is 1.04. The number of rotatable bonds is 5. The fourth-order valence-electron chi connectivity index (χ4n) is 2.26. The maximum absolute atomic E-state index is 12.6. The van der Waals surface area contributed by atoms with Gasteiger partial charge in [-0.25, -0.2) is 4.98 Å². The third kappa shape index (κ3) is 3.35. The van der Waals surface area contributed by atoms with Crippen molar-refractivity contribution in [3.63, 3.8) is 0 Å². The van der Waals surface area contributed by atoms with Crippen molar-refractivity contribution in [2.24, 2.45) is 0 Å². The van der Waals surface area contributed by atoms with Crippen molar-refractivity contribution in [1.29, 1.82) is 0 Å². The van der Waals surface area contributed by atoms with Gasteiger partial charge in [0.2, 0.25) is 0 Å². The standard InChI is InChI=1S/C16H23N3OS/c1-6-11(4)17-16-18-14(9-21-16)13-8-7-12(5)19(10(2)3)15(13)20/h7-11H,6H2,1-5H3,(H,17,18). The van der Waals surface area contributed by atoms with Gasteiger partial charge in [-0.05, 0) is 46.2 Å². The molecule has 1 atom stereocenters. The van der Waals surface area contributed by atoms with Gasteiger partial charge in [0.1, 0.15) is 0 Å². The molecule has 0 aromatic carbocycles. The third-order valence-electron chi connectivity index (χ3n) is 3.60. The Labute approximate surface area is 129 Å². The number of nitrogens with zero attached hydrogens (tertiary/aromatic N) is 2. The number of anilines is 1. The van der Waals surface area contributed by atoms with Crippen molar-refractivity contribution in [2.75, 3.05) is 5.32 Å². The van der Waals surface area contributed by atoms with E-state index in [1.165, 1.54) is 0 Å². The van der Waals surface area contributed by atoms with Gasteiger partial charge in [0.25, 0.3) is 5.56 Å². The highest BCUT2D eigenvalue weighted by molar-refractivity contribution is 7.14. The molecule has 0 aliphatic rings. The molecule has 0 saturated heterocycles. The van der Waals surface area contributed by atoms with Crippen LogP contribution in [-0.4, -0.2) is 15.6 Å². The van der Waals surface area contributed by atoms with Gasteiger partial charge in [0.15, 0.2) is 5.13 Å². The molecule has 2 rings (SSSR count). The minimum absolute atomic E-state index is 0.0328. The number of pyridine rings is 1. The van der Waals surface area contributed by atoms with Gasteiger partial charge in [-0.3, -0.25) is 4.79 Å². The molecule has 0 spiro atoms. The first-order valence-corrected chi connectivity index (χ1v) is 8.26. The predicted molar refractivity (Wildman–Crippen MR) is 90.3 cm³/mol. The van der Waals surface area contributed by atoms with Crippen LogP contribution < -0.4 is 10.9 Å². The number of thiazole rings is 1. The van der Waals surface area contributed by atoms with Crippen LogP contribution >= 0.6 is 11.3 Å². The second-order valence-electron chi connectivity index (χ2n) is 5.65. The number of aryl methyl sites for hydroxylation is 1. The van der Waals surface area contributed by atoms with Crippen LogP contribution in [0.25, 0.3) is 11.3 Å². The monoisotopic (exact) mass is 305 g/mol. The molecule has 5 heteroatoms. The van der Waals surface area contributed by atoms with Crippen LogP contribution in [0.1, 0.15) is 45.9 Å². The van der Waals surface area contributed by atoms with Crippen LogP contribution in [-0.2, 0) is 0 Å². The predicted octanol–water partition coefficient (Wildman–Crippen LogP) is 4.07. The molecule has 114 valence electrons. The van der Waals surface area contributed by atoms with E-state index in [9.17, 15) is 4.79 Å². The molecule has 21 heavy (non-hydrogen) atoms. The first kappa shape index (κ1) is 15.8. The summed E-state index contributed by atoms with van der Waals surface area (Å²) >= 11 is 1.54. The quantitative estimate of drug-likeness (QED) is 0.905. The molecule has 0 fully saturated rings. The third-order valence-corrected chi connectivity index (χ3v) is 4.37. The van der Waals surface area contributed by atoms with Gasteiger partial charge in [-0.2, -0.15) is 0 Å². The molecule has 0 saturated carbocycles. The molecule has 0 radical (unpaired) electrons. The Morgan fingerprint density at radius 1 is 1.33 bits per heavy atom. The first-order valence-electron chi connectivity index (χ1n) is 7.38. The minimum atomic E-state index is 0.0328. The molecular weight excluding hydrogens is 282 g/mol. The van der Waals surface area contributed by atoms with Crippen LogP contribution in [0, 0.1) is 6.92 Å². The summed E-state index contributed by atoms with van der Waals surface area (Å²) < 4.78 is 1.82. The average molecular weight is 305 g/mol. The minimum Gasteiger partial charge on any atom is -0.359 e. The lowest BCUT2D eigenvalue weighted by Crippen LogP contribution is -2.25. The number of nitrogens with one attached hydrogen (secondary N) is 1. The Morgan fingerprint density at radius 2 is 2.05 bits per heavy atom. The Hall–Kier alpha value is -1.62. The van der Waals surface area contributed by atoms with E-state index in [0.29, 0.717) is 11.6 Å². The molecule has 2 aromatic heterocycles. The smallest absolute Gasteiger partial charge is 0.260 e. The second-order valence-corrected chi connectivity index (χ2v) is 6.51. The van der Waals surface area contributed by atoms with Crippen LogP contribution in [0.4, 0.5) is 5.13 Å². The molecule has 0 aliphatic heterocycles. The van der Waals surface area contributed by atoms with E-state index in [0.717, 1.165) is 22.9 Å². The van der Waals surface area contributed by atoms with Gasteiger partial charge in [-0.15, -0.1) is 11.3 Å². The summed E-state index contributed by atoms with van der Waals surface area (Å²) in [6, 6.07) is 4.39. The normalized spacial score (nSPS) is 12.7. The van der Waals surface area contributed by atoms with Gasteiger partial charge in [0, 0.05) is 23.2 Å². The maximum Gasteiger partial charge on any atom is 0.260 e. The Kier molecular flexibility index (Phi) is 4.83. The molecule has 2 aromatic rings. The lowest BCUT2D eigenvalue weighted by atomic mass is 10.2. The van der Waals surface area contributed by atoms with E-state index in [2.05, 4.69) is 24.1 Å². The van der Waals surface area contributed by atoms with Gasteiger partial charge in [0.05, 0.1) is 11.3 Å². The lowest BCUT2D eigenvalue weighted by Gasteiger charge is -2.14. The number of hydrogen-bond donors (Lipinski definition) is 1. The molecule has 2 heterocycles.